The van der Waals surface area contributed by atoms with Crippen molar-refractivity contribution < 1.29 is 14.6 Å². The number of imidazole rings is 1. The van der Waals surface area contributed by atoms with Crippen molar-refractivity contribution in [2.75, 3.05) is 19.7 Å². The van der Waals surface area contributed by atoms with Gasteiger partial charge in [0, 0.05) is 24.6 Å². The monoisotopic (exact) mass is 379 g/mol. The molecule has 4 rings (SSSR count). The second-order valence-corrected chi connectivity index (χ2v) is 7.46. The molecule has 2 aromatic carbocycles. The SMILES string of the molecule is Cc1ccc(OC[C@@H]2CCCN(C(=O)c3ccc4nc(CO)[nH]c4c3)C2)cc1. The number of nitrogens with zero attached hydrogens (tertiary/aromatic N) is 2. The summed E-state index contributed by atoms with van der Waals surface area (Å²) < 4.78 is 5.93. The standard InChI is InChI=1S/C22H25N3O3/c1-15-4-7-18(8-5-15)28-14-16-3-2-10-25(12-16)22(27)17-6-9-19-20(11-17)24-21(13-26)23-19/h4-9,11,16,26H,2-3,10,12-14H2,1H3,(H,23,24)/t16-/m1/s1. The number of fused-ring (bicyclic) bond motifs is 1. The summed E-state index contributed by atoms with van der Waals surface area (Å²) in [6.45, 7) is 4.00. The van der Waals surface area contributed by atoms with Gasteiger partial charge in [-0.1, -0.05) is 17.7 Å². The van der Waals surface area contributed by atoms with Crippen LogP contribution in [0.5, 0.6) is 5.75 Å². The predicted molar refractivity (Wildman–Crippen MR) is 107 cm³/mol. The number of aliphatic hydroxyl groups excluding tert-OH is 1. The number of likely N-dealkylation sites (tertiary alicyclic amines) is 1. The number of aliphatic hydroxyl groups is 1. The highest BCUT2D eigenvalue weighted by Gasteiger charge is 2.25. The van der Waals surface area contributed by atoms with Gasteiger partial charge in [-0.25, -0.2) is 4.98 Å². The van der Waals surface area contributed by atoms with Crippen molar-refractivity contribution in [3.8, 4) is 5.75 Å². The molecule has 6 nitrogen and oxygen atoms in total. The van der Waals surface area contributed by atoms with Crippen LogP contribution < -0.4 is 4.74 Å². The summed E-state index contributed by atoms with van der Waals surface area (Å²) in [6.07, 6.45) is 2.05. The summed E-state index contributed by atoms with van der Waals surface area (Å²) in [5, 5.41) is 9.22. The van der Waals surface area contributed by atoms with Gasteiger partial charge in [0.2, 0.25) is 0 Å². The number of aryl methyl sites for hydroxylation is 1. The summed E-state index contributed by atoms with van der Waals surface area (Å²) in [7, 11) is 0. The first kappa shape index (κ1) is 18.5. The molecule has 6 heteroatoms. The van der Waals surface area contributed by atoms with Crippen molar-refractivity contribution in [3.05, 3.63) is 59.4 Å². The maximum absolute atomic E-state index is 13.0. The molecule has 1 amide bonds. The number of carbonyl (C=O) groups excluding carboxylic acids is 1. The van der Waals surface area contributed by atoms with E-state index in [1.54, 1.807) is 6.07 Å². The Bertz CT molecular complexity index is 965. The number of amides is 1. The van der Waals surface area contributed by atoms with Gasteiger partial charge in [0.05, 0.1) is 17.6 Å². The molecule has 1 saturated heterocycles. The normalized spacial score (nSPS) is 17.1. The second kappa shape index (κ2) is 8.02. The summed E-state index contributed by atoms with van der Waals surface area (Å²) >= 11 is 0. The number of rotatable bonds is 5. The van der Waals surface area contributed by atoms with Crippen molar-refractivity contribution in [3.63, 3.8) is 0 Å². The Labute approximate surface area is 164 Å². The van der Waals surface area contributed by atoms with E-state index >= 15 is 0 Å². The molecule has 2 heterocycles. The molecular weight excluding hydrogens is 354 g/mol. The predicted octanol–water partition coefficient (Wildman–Crippen LogP) is 3.29. The molecule has 3 aromatic rings. The first-order chi connectivity index (χ1) is 13.6. The zero-order chi connectivity index (χ0) is 19.5. The minimum atomic E-state index is -0.146. The number of aromatic amines is 1. The van der Waals surface area contributed by atoms with Crippen LogP contribution in [0.4, 0.5) is 0 Å². The van der Waals surface area contributed by atoms with Crippen molar-refractivity contribution >= 4 is 16.9 Å². The highest BCUT2D eigenvalue weighted by atomic mass is 16.5. The fraction of sp³-hybridized carbons (Fsp3) is 0.364. The number of carbonyl (C=O) groups is 1. The summed E-state index contributed by atoms with van der Waals surface area (Å²) in [5.41, 5.74) is 3.37. The van der Waals surface area contributed by atoms with Crippen molar-refractivity contribution in [2.45, 2.75) is 26.4 Å². The molecule has 1 aromatic heterocycles. The molecule has 0 bridgehead atoms. The maximum Gasteiger partial charge on any atom is 0.253 e. The molecule has 28 heavy (non-hydrogen) atoms. The van der Waals surface area contributed by atoms with Crippen LogP contribution >= 0.6 is 0 Å². The first-order valence-electron chi connectivity index (χ1n) is 9.70. The van der Waals surface area contributed by atoms with Gasteiger partial charge in [-0.2, -0.15) is 0 Å². The van der Waals surface area contributed by atoms with E-state index in [4.69, 9.17) is 4.74 Å². The lowest BCUT2D eigenvalue weighted by atomic mass is 9.98. The highest BCUT2D eigenvalue weighted by Crippen LogP contribution is 2.22. The number of aromatic nitrogens is 2. The molecule has 1 atom stereocenters. The minimum absolute atomic E-state index is 0.0297. The van der Waals surface area contributed by atoms with Crippen LogP contribution in [0.2, 0.25) is 0 Å². The summed E-state index contributed by atoms with van der Waals surface area (Å²) in [4.78, 5) is 22.2. The van der Waals surface area contributed by atoms with E-state index in [2.05, 4.69) is 16.9 Å². The van der Waals surface area contributed by atoms with Crippen molar-refractivity contribution in [2.24, 2.45) is 5.92 Å². The Hall–Kier alpha value is -2.86. The zero-order valence-corrected chi connectivity index (χ0v) is 16.0. The lowest BCUT2D eigenvalue weighted by Gasteiger charge is -2.32. The summed E-state index contributed by atoms with van der Waals surface area (Å²) in [6, 6.07) is 13.5. The molecule has 0 radical (unpaired) electrons. The quantitative estimate of drug-likeness (QED) is 0.713. The third-order valence-corrected chi connectivity index (χ3v) is 5.24. The molecule has 1 aliphatic heterocycles. The average molecular weight is 379 g/mol. The second-order valence-electron chi connectivity index (χ2n) is 7.46. The summed E-state index contributed by atoms with van der Waals surface area (Å²) in [5.74, 6) is 1.74. The largest absolute Gasteiger partial charge is 0.493 e. The van der Waals surface area contributed by atoms with Gasteiger partial charge < -0.3 is 19.7 Å². The van der Waals surface area contributed by atoms with Gasteiger partial charge in [-0.05, 0) is 50.1 Å². The number of piperidine rings is 1. The van der Waals surface area contributed by atoms with E-state index in [9.17, 15) is 9.90 Å². The minimum Gasteiger partial charge on any atom is -0.493 e. The Morgan fingerprint density at radius 2 is 2.11 bits per heavy atom. The number of benzene rings is 2. The van der Waals surface area contributed by atoms with Crippen LogP contribution in [-0.4, -0.2) is 45.6 Å². The van der Waals surface area contributed by atoms with Crippen molar-refractivity contribution in [1.82, 2.24) is 14.9 Å². The number of hydrogen-bond acceptors (Lipinski definition) is 4. The van der Waals surface area contributed by atoms with E-state index in [-0.39, 0.29) is 12.5 Å². The fourth-order valence-electron chi connectivity index (χ4n) is 3.69. The smallest absolute Gasteiger partial charge is 0.253 e. The third-order valence-electron chi connectivity index (χ3n) is 5.24. The van der Waals surface area contributed by atoms with E-state index in [1.807, 2.05) is 41.3 Å². The number of ether oxygens (including phenoxy) is 1. The molecule has 0 spiro atoms. The molecule has 1 fully saturated rings. The average Bonchev–Trinajstić information content (AvgIpc) is 3.15. The van der Waals surface area contributed by atoms with E-state index in [1.165, 1.54) is 5.56 Å². The van der Waals surface area contributed by atoms with Gasteiger partial charge in [-0.3, -0.25) is 4.79 Å². The van der Waals surface area contributed by atoms with Crippen LogP contribution in [0.15, 0.2) is 42.5 Å². The number of H-pyrrole nitrogens is 1. The van der Waals surface area contributed by atoms with E-state index in [0.29, 0.717) is 30.5 Å². The molecule has 0 unspecified atom stereocenters. The highest BCUT2D eigenvalue weighted by molar-refractivity contribution is 5.97. The topological polar surface area (TPSA) is 78.4 Å². The molecular formula is C22H25N3O3. The van der Waals surface area contributed by atoms with E-state index < -0.39 is 0 Å². The van der Waals surface area contributed by atoms with Gasteiger partial charge in [0.1, 0.15) is 18.2 Å². The number of nitrogens with one attached hydrogen (secondary N) is 1. The van der Waals surface area contributed by atoms with Gasteiger partial charge in [0.25, 0.3) is 5.91 Å². The van der Waals surface area contributed by atoms with Crippen LogP contribution in [0.1, 0.15) is 34.6 Å². The Balaban J connectivity index is 1.40. The molecule has 0 saturated carbocycles. The third kappa shape index (κ3) is 4.02. The lowest BCUT2D eigenvalue weighted by Crippen LogP contribution is -2.41. The Morgan fingerprint density at radius 1 is 1.29 bits per heavy atom. The first-order valence-corrected chi connectivity index (χ1v) is 9.70. The molecule has 0 aliphatic carbocycles. The van der Waals surface area contributed by atoms with Crippen LogP contribution in [0.3, 0.4) is 0 Å². The Morgan fingerprint density at radius 3 is 2.89 bits per heavy atom. The lowest BCUT2D eigenvalue weighted by molar-refractivity contribution is 0.0633. The fourth-order valence-corrected chi connectivity index (χ4v) is 3.69. The van der Waals surface area contributed by atoms with Gasteiger partial charge in [-0.15, -0.1) is 0 Å². The van der Waals surface area contributed by atoms with Crippen molar-refractivity contribution in [1.29, 1.82) is 0 Å². The zero-order valence-electron chi connectivity index (χ0n) is 16.0. The Kier molecular flexibility index (Phi) is 5.30. The van der Waals surface area contributed by atoms with Crippen LogP contribution in [0, 0.1) is 12.8 Å². The molecule has 146 valence electrons. The number of hydrogen-bond donors (Lipinski definition) is 2. The van der Waals surface area contributed by atoms with Gasteiger partial charge >= 0.3 is 0 Å². The molecule has 2 N–H and O–H groups in total. The maximum atomic E-state index is 13.0. The van der Waals surface area contributed by atoms with Crippen LogP contribution in [-0.2, 0) is 6.61 Å². The van der Waals surface area contributed by atoms with Crippen LogP contribution in [0.25, 0.3) is 11.0 Å². The van der Waals surface area contributed by atoms with E-state index in [0.717, 1.165) is 36.2 Å². The van der Waals surface area contributed by atoms with Gasteiger partial charge in [0.15, 0.2) is 0 Å². The molecule has 1 aliphatic rings.